The summed E-state index contributed by atoms with van der Waals surface area (Å²) in [5.74, 6) is -3.44. The third-order valence-electron chi connectivity index (χ3n) is 5.48. The Balaban J connectivity index is 0.00000259. The molecule has 0 amide bonds. The van der Waals surface area contributed by atoms with Crippen molar-refractivity contribution in [3.63, 3.8) is 0 Å². The number of benzene rings is 3. The van der Waals surface area contributed by atoms with Gasteiger partial charge in [0.05, 0.1) is 0 Å². The Morgan fingerprint density at radius 1 is 0.697 bits per heavy atom. The van der Waals surface area contributed by atoms with E-state index in [2.05, 4.69) is 6.07 Å². The van der Waals surface area contributed by atoms with Crippen LogP contribution in [-0.4, -0.2) is 14.1 Å². The molecule has 0 aromatic heterocycles. The number of hydrogen-bond acceptors (Lipinski definition) is 4. The van der Waals surface area contributed by atoms with Crippen LogP contribution in [-0.2, 0) is 26.0 Å². The van der Waals surface area contributed by atoms with Crippen molar-refractivity contribution in [1.29, 1.82) is 0 Å². The summed E-state index contributed by atoms with van der Waals surface area (Å²) < 4.78 is 71.9. The van der Waals surface area contributed by atoms with Crippen molar-refractivity contribution < 1.29 is 41.7 Å². The Morgan fingerprint density at radius 2 is 1.06 bits per heavy atom. The quantitative estimate of drug-likeness (QED) is 0.247. The van der Waals surface area contributed by atoms with Crippen molar-refractivity contribution in [3.05, 3.63) is 85.1 Å². The molecule has 0 fully saturated rings. The zero-order chi connectivity index (χ0) is 22.8. The fraction of sp³-hybridized carbons (Fsp3) is 0.130. The van der Waals surface area contributed by atoms with E-state index < -0.39 is 34.7 Å². The molecule has 0 unspecified atom stereocenters. The Labute approximate surface area is 200 Å². The maximum Gasteiger partial charge on any atom is 0.400 e. The van der Waals surface area contributed by atoms with Crippen LogP contribution in [0.5, 0.6) is 0 Å². The summed E-state index contributed by atoms with van der Waals surface area (Å²) in [6.07, 6.45) is -5.25. The minimum Gasteiger partial charge on any atom is -0.504 e. The number of hydrogen-bond donors (Lipinski definition) is 0. The molecule has 3 aromatic carbocycles. The summed E-state index contributed by atoms with van der Waals surface area (Å²) in [6, 6.07) is 16.3. The Hall–Kier alpha value is -2.85. The third kappa shape index (κ3) is 3.61. The molecule has 10 heteroatoms. The number of anilines is 6. The Bertz CT molecular complexity index is 1130. The zero-order valence-corrected chi connectivity index (χ0v) is 19.8. The molecule has 0 saturated heterocycles. The second kappa shape index (κ2) is 8.17. The van der Waals surface area contributed by atoms with Gasteiger partial charge in [0.2, 0.25) is 0 Å². The third-order valence-corrected chi connectivity index (χ3v) is 5.48. The van der Waals surface area contributed by atoms with Gasteiger partial charge < -0.3 is 19.6 Å². The van der Waals surface area contributed by atoms with E-state index in [9.17, 15) is 13.2 Å². The first kappa shape index (κ1) is 23.3. The summed E-state index contributed by atoms with van der Waals surface area (Å²) in [7, 11) is 3.37. The molecule has 0 spiro atoms. The zero-order valence-electron chi connectivity index (χ0n) is 17.3. The van der Waals surface area contributed by atoms with Gasteiger partial charge in [-0.15, -0.1) is 6.07 Å². The predicted molar refractivity (Wildman–Crippen MR) is 113 cm³/mol. The van der Waals surface area contributed by atoms with E-state index in [0.717, 1.165) is 0 Å². The van der Waals surface area contributed by atoms with E-state index in [-0.39, 0.29) is 19.8 Å². The van der Waals surface area contributed by atoms with Crippen LogP contribution in [0, 0.1) is 31.0 Å². The minimum absolute atomic E-state index is 0. The molecule has 5 rings (SSSR count). The van der Waals surface area contributed by atoms with Crippen molar-refractivity contribution in [2.24, 2.45) is 0 Å². The van der Waals surface area contributed by atoms with Gasteiger partial charge in [-0.2, -0.15) is 26.5 Å². The molecule has 2 aliphatic heterocycles. The van der Waals surface area contributed by atoms with E-state index in [1.807, 2.05) is 0 Å². The van der Waals surface area contributed by atoms with Crippen LogP contribution in [0.1, 0.15) is 5.56 Å². The molecule has 33 heavy (non-hydrogen) atoms. The average Bonchev–Trinajstić information content (AvgIpc) is 3.25. The molecule has 2 heterocycles. The summed E-state index contributed by atoms with van der Waals surface area (Å²) in [5, 5.41) is 0. The molecule has 0 bridgehead atoms. The van der Waals surface area contributed by atoms with Gasteiger partial charge in [-0.05, 0) is 38.4 Å². The summed E-state index contributed by atoms with van der Waals surface area (Å²) in [5.41, 5.74) is -0.758. The van der Waals surface area contributed by atoms with Crippen LogP contribution in [0.3, 0.4) is 0 Å². The van der Waals surface area contributed by atoms with Crippen molar-refractivity contribution in [1.82, 2.24) is 0 Å². The van der Waals surface area contributed by atoms with Crippen LogP contribution < -0.4 is 19.6 Å². The average molecular weight is 634 g/mol. The Kier molecular flexibility index (Phi) is 5.77. The molecular formula is C23H16F5N4Os-3. The standard InChI is InChI=1S/C23H16F5N4.Os/c1-29-12-31(16-9-5-3-7-14(16)29)18-11-19(22(25)20(21(18)24)23(26,27)28)32-13-30(2)15-8-4-6-10-17(15)32;/h3-10,12-13H,1-2H3;/q-3;. The largest absolute Gasteiger partial charge is 0.504 e. The molecule has 0 saturated carbocycles. The van der Waals surface area contributed by atoms with Crippen molar-refractivity contribution >= 4 is 34.1 Å². The number of halogens is 5. The predicted octanol–water partition coefficient (Wildman–Crippen LogP) is 6.20. The molecule has 0 radical (unpaired) electrons. The maximum absolute atomic E-state index is 15.2. The second-order valence-electron chi connectivity index (χ2n) is 7.49. The van der Waals surface area contributed by atoms with Gasteiger partial charge in [0, 0.05) is 59.7 Å². The minimum atomic E-state index is -5.25. The van der Waals surface area contributed by atoms with Crippen LogP contribution in [0.25, 0.3) is 0 Å². The molecule has 0 aliphatic carbocycles. The Morgan fingerprint density at radius 3 is 1.42 bits per heavy atom. The van der Waals surface area contributed by atoms with Gasteiger partial charge in [0.15, 0.2) is 0 Å². The molecule has 3 aromatic rings. The van der Waals surface area contributed by atoms with E-state index in [0.29, 0.717) is 22.7 Å². The van der Waals surface area contributed by atoms with Gasteiger partial charge >= 0.3 is 6.18 Å². The van der Waals surface area contributed by atoms with Gasteiger partial charge in [-0.1, -0.05) is 35.6 Å². The van der Waals surface area contributed by atoms with E-state index in [1.165, 1.54) is 23.1 Å². The normalized spacial score (nSPS) is 15.0. The summed E-state index contributed by atoms with van der Waals surface area (Å²) in [6.45, 7) is 2.88. The monoisotopic (exact) mass is 635 g/mol. The molecular weight excluding hydrogens is 618 g/mol. The molecule has 174 valence electrons. The van der Waals surface area contributed by atoms with Gasteiger partial charge in [0.1, 0.15) is 0 Å². The van der Waals surface area contributed by atoms with E-state index >= 15 is 8.78 Å². The number of nitrogens with zero attached hydrogens (tertiary/aromatic N) is 4. The van der Waals surface area contributed by atoms with E-state index in [4.69, 9.17) is 0 Å². The molecule has 0 N–H and O–H groups in total. The fourth-order valence-electron chi connectivity index (χ4n) is 4.02. The topological polar surface area (TPSA) is 13.0 Å². The van der Waals surface area contributed by atoms with Crippen LogP contribution in [0.4, 0.5) is 56.1 Å². The second-order valence-corrected chi connectivity index (χ2v) is 7.49. The maximum atomic E-state index is 15.2. The smallest absolute Gasteiger partial charge is 0.400 e. The molecule has 2 aliphatic rings. The van der Waals surface area contributed by atoms with Crippen LogP contribution >= 0.6 is 0 Å². The van der Waals surface area contributed by atoms with Gasteiger partial charge in [-0.25, -0.2) is 0 Å². The number of alkyl halides is 3. The number of rotatable bonds is 2. The van der Waals surface area contributed by atoms with E-state index in [1.54, 1.807) is 72.4 Å². The summed E-state index contributed by atoms with van der Waals surface area (Å²) in [4.78, 5) is 5.77. The van der Waals surface area contributed by atoms with Crippen molar-refractivity contribution in [3.8, 4) is 0 Å². The van der Waals surface area contributed by atoms with Crippen molar-refractivity contribution in [2.45, 2.75) is 6.18 Å². The first-order valence-electron chi connectivity index (χ1n) is 9.62. The SMILES string of the molecule is CN1[CH-]N(c2[c-]c(N3[CH-]N(C)c4ccccc43)c(F)c(C(F)(F)F)c2F)c2ccccc21.[Os]. The van der Waals surface area contributed by atoms with Crippen LogP contribution in [0.2, 0.25) is 0 Å². The first-order chi connectivity index (χ1) is 15.2. The van der Waals surface area contributed by atoms with Crippen LogP contribution in [0.15, 0.2) is 48.5 Å². The molecule has 4 nitrogen and oxygen atoms in total. The number of para-hydroxylation sites is 4. The number of fused-ring (bicyclic) bond motifs is 2. The summed E-state index contributed by atoms with van der Waals surface area (Å²) >= 11 is 0. The molecule has 0 atom stereocenters. The van der Waals surface area contributed by atoms with Gasteiger partial charge in [0.25, 0.3) is 0 Å². The van der Waals surface area contributed by atoms with Crippen molar-refractivity contribution in [2.75, 3.05) is 33.7 Å². The van der Waals surface area contributed by atoms with Gasteiger partial charge in [-0.3, -0.25) is 8.78 Å². The fourth-order valence-corrected chi connectivity index (χ4v) is 4.02. The first-order valence-corrected chi connectivity index (χ1v) is 9.62.